The molecule has 0 spiro atoms. The minimum atomic E-state index is -0.340. The number of esters is 1. The molecular weight excluding hydrogens is 400 g/mol. The maximum atomic E-state index is 12.1. The number of hydrogen-bond donors (Lipinski definition) is 1. The third-order valence-electron chi connectivity index (χ3n) is 5.31. The lowest BCUT2D eigenvalue weighted by Gasteiger charge is -2.28. The number of methoxy groups -OCH3 is 1. The zero-order valence-corrected chi connectivity index (χ0v) is 18.5. The van der Waals surface area contributed by atoms with Gasteiger partial charge in [-0.2, -0.15) is 0 Å². The third-order valence-corrected chi connectivity index (χ3v) is 6.21. The van der Waals surface area contributed by atoms with Crippen molar-refractivity contribution in [2.75, 3.05) is 38.3 Å². The summed E-state index contributed by atoms with van der Waals surface area (Å²) in [6.45, 7) is 7.50. The Morgan fingerprint density at radius 2 is 1.93 bits per heavy atom. The van der Waals surface area contributed by atoms with Crippen molar-refractivity contribution in [1.29, 1.82) is 0 Å². The van der Waals surface area contributed by atoms with Gasteiger partial charge in [0.2, 0.25) is 0 Å². The zero-order chi connectivity index (χ0) is 21.1. The molecule has 1 aliphatic rings. The molecule has 30 heavy (non-hydrogen) atoms. The van der Waals surface area contributed by atoms with E-state index in [1.54, 1.807) is 0 Å². The second-order valence-electron chi connectivity index (χ2n) is 7.97. The van der Waals surface area contributed by atoms with E-state index in [1.807, 2.05) is 12.1 Å². The van der Waals surface area contributed by atoms with Gasteiger partial charge in [-0.25, -0.2) is 4.72 Å². The standard InChI is InChI=1S/C23H28N2O4S/c1-15(2)12-20(23(26)27-3)24-30-17-5-7-21-19(14-17)18-6-4-16(13-22(18)29-21)25-8-10-28-11-9-25/h4-7,13-15,20,24H,8-12H2,1-3H3. The Balaban J connectivity index is 1.55. The van der Waals surface area contributed by atoms with Crippen molar-refractivity contribution in [1.82, 2.24) is 4.72 Å². The van der Waals surface area contributed by atoms with Crippen LogP contribution in [0.4, 0.5) is 5.69 Å². The molecule has 1 aliphatic heterocycles. The Bertz CT molecular complexity index is 1030. The molecule has 7 heteroatoms. The highest BCUT2D eigenvalue weighted by Gasteiger charge is 2.21. The molecule has 1 atom stereocenters. The van der Waals surface area contributed by atoms with Crippen LogP contribution in [0.3, 0.4) is 0 Å². The highest BCUT2D eigenvalue weighted by atomic mass is 32.2. The van der Waals surface area contributed by atoms with Crippen LogP contribution >= 0.6 is 11.9 Å². The monoisotopic (exact) mass is 428 g/mol. The summed E-state index contributed by atoms with van der Waals surface area (Å²) in [6, 6.07) is 12.2. The number of anilines is 1. The maximum absolute atomic E-state index is 12.1. The van der Waals surface area contributed by atoms with Crippen molar-refractivity contribution in [3.05, 3.63) is 36.4 Å². The van der Waals surface area contributed by atoms with Crippen molar-refractivity contribution in [3.63, 3.8) is 0 Å². The summed E-state index contributed by atoms with van der Waals surface area (Å²) in [5.74, 6) is 0.157. The Morgan fingerprint density at radius 3 is 2.67 bits per heavy atom. The van der Waals surface area contributed by atoms with Crippen LogP contribution in [0.1, 0.15) is 20.3 Å². The third kappa shape index (κ3) is 4.58. The molecule has 0 amide bonds. The van der Waals surface area contributed by atoms with Crippen molar-refractivity contribution in [3.8, 4) is 0 Å². The van der Waals surface area contributed by atoms with Crippen molar-refractivity contribution in [2.24, 2.45) is 5.92 Å². The van der Waals surface area contributed by atoms with Crippen LogP contribution < -0.4 is 9.62 Å². The normalized spacial score (nSPS) is 15.8. The van der Waals surface area contributed by atoms with E-state index in [0.717, 1.165) is 65.2 Å². The van der Waals surface area contributed by atoms with Crippen molar-refractivity contribution in [2.45, 2.75) is 31.2 Å². The molecule has 1 aromatic heterocycles. The minimum Gasteiger partial charge on any atom is -0.468 e. The van der Waals surface area contributed by atoms with Gasteiger partial charge in [-0.15, -0.1) is 0 Å². The molecule has 2 aromatic carbocycles. The summed E-state index contributed by atoms with van der Waals surface area (Å²) < 4.78 is 19.8. The highest BCUT2D eigenvalue weighted by Crippen LogP contribution is 2.34. The summed E-state index contributed by atoms with van der Waals surface area (Å²) in [4.78, 5) is 15.4. The second-order valence-corrected chi connectivity index (χ2v) is 8.88. The molecule has 2 heterocycles. The summed E-state index contributed by atoms with van der Waals surface area (Å²) in [5.41, 5.74) is 2.91. The van der Waals surface area contributed by atoms with Crippen LogP contribution in [-0.2, 0) is 14.3 Å². The average Bonchev–Trinajstić information content (AvgIpc) is 3.13. The molecule has 160 valence electrons. The van der Waals surface area contributed by atoms with E-state index < -0.39 is 0 Å². The first kappa shape index (κ1) is 21.0. The van der Waals surface area contributed by atoms with Gasteiger partial charge in [-0.1, -0.05) is 13.8 Å². The fraction of sp³-hybridized carbons (Fsp3) is 0.435. The maximum Gasteiger partial charge on any atom is 0.323 e. The number of furan rings is 1. The molecule has 0 radical (unpaired) electrons. The molecule has 1 saturated heterocycles. The Morgan fingerprint density at radius 1 is 1.13 bits per heavy atom. The molecule has 6 nitrogen and oxygen atoms in total. The smallest absolute Gasteiger partial charge is 0.323 e. The van der Waals surface area contributed by atoms with E-state index in [9.17, 15) is 4.79 Å². The lowest BCUT2D eigenvalue weighted by molar-refractivity contribution is -0.142. The summed E-state index contributed by atoms with van der Waals surface area (Å²) in [5, 5.41) is 2.17. The largest absolute Gasteiger partial charge is 0.468 e. The van der Waals surface area contributed by atoms with E-state index in [0.29, 0.717) is 5.92 Å². The lowest BCUT2D eigenvalue weighted by Crippen LogP contribution is -2.36. The number of hydrogen-bond acceptors (Lipinski definition) is 7. The number of morpholine rings is 1. The van der Waals surface area contributed by atoms with Gasteiger partial charge in [0.1, 0.15) is 17.2 Å². The molecular formula is C23H28N2O4S. The number of benzene rings is 2. The number of carbonyl (C=O) groups excluding carboxylic acids is 1. The van der Waals surface area contributed by atoms with Crippen LogP contribution in [0, 0.1) is 5.92 Å². The molecule has 0 saturated carbocycles. The SMILES string of the molecule is COC(=O)C(CC(C)C)NSc1ccc2oc3cc(N4CCOCC4)ccc3c2c1. The fourth-order valence-corrected chi connectivity index (χ4v) is 4.56. The Hall–Kier alpha value is -2.22. The molecule has 1 N–H and O–H groups in total. The molecule has 1 fully saturated rings. The molecule has 3 aromatic rings. The first-order valence-electron chi connectivity index (χ1n) is 10.3. The van der Waals surface area contributed by atoms with Gasteiger partial charge >= 0.3 is 5.97 Å². The van der Waals surface area contributed by atoms with Crippen molar-refractivity contribution < 1.29 is 18.7 Å². The number of nitrogens with zero attached hydrogens (tertiary/aromatic N) is 1. The molecule has 0 aliphatic carbocycles. The van der Waals surface area contributed by atoms with Gasteiger partial charge in [0.25, 0.3) is 0 Å². The van der Waals surface area contributed by atoms with Crippen molar-refractivity contribution >= 4 is 45.5 Å². The van der Waals surface area contributed by atoms with E-state index in [-0.39, 0.29) is 12.0 Å². The topological polar surface area (TPSA) is 63.9 Å². The Kier molecular flexibility index (Phi) is 6.51. The predicted octanol–water partition coefficient (Wildman–Crippen LogP) is 4.61. The fourth-order valence-electron chi connectivity index (χ4n) is 3.77. The quantitative estimate of drug-likeness (QED) is 0.436. The average molecular weight is 429 g/mol. The van der Waals surface area contributed by atoms with Gasteiger partial charge in [-0.3, -0.25) is 4.79 Å². The predicted molar refractivity (Wildman–Crippen MR) is 121 cm³/mol. The number of nitrogens with one attached hydrogen (secondary N) is 1. The first-order chi connectivity index (χ1) is 14.5. The second kappa shape index (κ2) is 9.29. The van der Waals surface area contributed by atoms with E-state index in [4.69, 9.17) is 13.9 Å². The Labute approximate surface area is 181 Å². The highest BCUT2D eigenvalue weighted by molar-refractivity contribution is 7.97. The van der Waals surface area contributed by atoms with Crippen LogP contribution in [0.5, 0.6) is 0 Å². The van der Waals surface area contributed by atoms with E-state index in [2.05, 4.69) is 47.7 Å². The van der Waals surface area contributed by atoms with Crippen LogP contribution in [-0.4, -0.2) is 45.4 Å². The zero-order valence-electron chi connectivity index (χ0n) is 17.6. The molecule has 0 bridgehead atoms. The van der Waals surface area contributed by atoms with Gasteiger partial charge in [0.05, 0.1) is 20.3 Å². The number of ether oxygens (including phenoxy) is 2. The van der Waals surface area contributed by atoms with Gasteiger partial charge in [0, 0.05) is 40.5 Å². The number of rotatable bonds is 7. The molecule has 1 unspecified atom stereocenters. The summed E-state index contributed by atoms with van der Waals surface area (Å²) in [6.07, 6.45) is 0.723. The van der Waals surface area contributed by atoms with Crippen LogP contribution in [0.25, 0.3) is 21.9 Å². The first-order valence-corrected chi connectivity index (χ1v) is 11.2. The lowest BCUT2D eigenvalue weighted by atomic mass is 10.1. The van der Waals surface area contributed by atoms with E-state index in [1.165, 1.54) is 19.1 Å². The van der Waals surface area contributed by atoms with Gasteiger partial charge in [-0.05, 0) is 54.6 Å². The van der Waals surface area contributed by atoms with E-state index >= 15 is 0 Å². The van der Waals surface area contributed by atoms with Crippen LogP contribution in [0.15, 0.2) is 45.7 Å². The summed E-state index contributed by atoms with van der Waals surface area (Å²) >= 11 is 1.45. The minimum absolute atomic E-state index is 0.235. The summed E-state index contributed by atoms with van der Waals surface area (Å²) in [7, 11) is 1.43. The van der Waals surface area contributed by atoms with Gasteiger partial charge in [0.15, 0.2) is 0 Å². The molecule has 4 rings (SSSR count). The number of carbonyl (C=O) groups is 1. The van der Waals surface area contributed by atoms with Gasteiger partial charge < -0.3 is 18.8 Å². The van der Waals surface area contributed by atoms with Crippen LogP contribution in [0.2, 0.25) is 0 Å². The number of fused-ring (bicyclic) bond motifs is 3.